The van der Waals surface area contributed by atoms with E-state index in [1.54, 1.807) is 13.8 Å². The normalized spacial score (nSPS) is 12.5. The van der Waals surface area contributed by atoms with Crippen LogP contribution in [0.15, 0.2) is 30.3 Å². The van der Waals surface area contributed by atoms with Gasteiger partial charge in [0.25, 0.3) is 0 Å². The summed E-state index contributed by atoms with van der Waals surface area (Å²) in [4.78, 5) is 0. The fourth-order valence-electron chi connectivity index (χ4n) is 2.52. The van der Waals surface area contributed by atoms with Crippen LogP contribution in [0.3, 0.4) is 0 Å². The molecule has 0 fully saturated rings. The Morgan fingerprint density at radius 3 is 2.00 bits per heavy atom. The van der Waals surface area contributed by atoms with Gasteiger partial charge in [0.15, 0.2) is 0 Å². The van der Waals surface area contributed by atoms with Crippen LogP contribution in [0.25, 0.3) is 0 Å². The topological polar surface area (TPSA) is 12.0 Å². The van der Waals surface area contributed by atoms with Crippen LogP contribution in [0.1, 0.15) is 33.9 Å². The molecule has 20 heavy (non-hydrogen) atoms. The van der Waals surface area contributed by atoms with Gasteiger partial charge in [0.05, 0.1) is 6.04 Å². The van der Waals surface area contributed by atoms with Crippen LogP contribution in [-0.2, 0) is 0 Å². The second-order valence-electron chi connectivity index (χ2n) is 5.20. The lowest BCUT2D eigenvalue weighted by molar-refractivity contribution is 0.604. The number of halogens is 2. The first-order valence-corrected chi connectivity index (χ1v) is 7.01. The average Bonchev–Trinajstić information content (AvgIpc) is 2.41. The Morgan fingerprint density at radius 2 is 1.50 bits per heavy atom. The number of benzene rings is 2. The van der Waals surface area contributed by atoms with E-state index < -0.39 is 0 Å². The summed E-state index contributed by atoms with van der Waals surface area (Å²) >= 11 is 6.08. The van der Waals surface area contributed by atoms with Gasteiger partial charge in [-0.1, -0.05) is 35.9 Å². The molecule has 1 unspecified atom stereocenters. The summed E-state index contributed by atoms with van der Waals surface area (Å²) in [5.41, 5.74) is 4.57. The molecule has 2 aromatic carbocycles. The molecule has 3 heteroatoms. The number of rotatable bonds is 3. The molecule has 0 saturated heterocycles. The van der Waals surface area contributed by atoms with Gasteiger partial charge in [-0.05, 0) is 61.7 Å². The highest BCUT2D eigenvalue weighted by atomic mass is 35.5. The minimum Gasteiger partial charge on any atom is -0.309 e. The number of hydrogen-bond donors (Lipinski definition) is 1. The smallest absolute Gasteiger partial charge is 0.129 e. The summed E-state index contributed by atoms with van der Waals surface area (Å²) in [6.45, 7) is 5.58. The maximum Gasteiger partial charge on any atom is 0.129 e. The first kappa shape index (κ1) is 15.0. The molecular weight excluding hydrogens is 273 g/mol. The summed E-state index contributed by atoms with van der Waals surface area (Å²) in [6.07, 6.45) is 0. The molecule has 0 spiro atoms. The lowest BCUT2D eigenvalue weighted by Gasteiger charge is -2.19. The van der Waals surface area contributed by atoms with E-state index in [4.69, 9.17) is 11.6 Å². The van der Waals surface area contributed by atoms with Gasteiger partial charge in [0.2, 0.25) is 0 Å². The third-order valence-electron chi connectivity index (χ3n) is 3.60. The van der Waals surface area contributed by atoms with Crippen molar-refractivity contribution >= 4 is 11.6 Å². The van der Waals surface area contributed by atoms with Crippen LogP contribution < -0.4 is 5.32 Å². The molecule has 0 heterocycles. The molecule has 2 rings (SSSR count). The van der Waals surface area contributed by atoms with E-state index in [-0.39, 0.29) is 11.9 Å². The molecule has 1 atom stereocenters. The van der Waals surface area contributed by atoms with Gasteiger partial charge in [-0.3, -0.25) is 0 Å². The molecule has 0 aliphatic rings. The SMILES string of the molecule is CNC(c1ccc(Cl)c(C)c1)c1cc(C)c(F)c(C)c1. The average molecular weight is 292 g/mol. The van der Waals surface area contributed by atoms with Crippen LogP contribution >= 0.6 is 11.6 Å². The van der Waals surface area contributed by atoms with Gasteiger partial charge in [0.1, 0.15) is 5.82 Å². The Bertz CT molecular complexity index is 614. The van der Waals surface area contributed by atoms with E-state index in [0.717, 1.165) is 21.7 Å². The Kier molecular flexibility index (Phi) is 4.46. The monoisotopic (exact) mass is 291 g/mol. The van der Waals surface area contributed by atoms with Gasteiger partial charge < -0.3 is 5.32 Å². The van der Waals surface area contributed by atoms with E-state index in [2.05, 4.69) is 11.4 Å². The summed E-state index contributed by atoms with van der Waals surface area (Å²) in [5.74, 6) is -0.129. The van der Waals surface area contributed by atoms with Gasteiger partial charge in [-0.25, -0.2) is 4.39 Å². The third kappa shape index (κ3) is 2.87. The van der Waals surface area contributed by atoms with Crippen molar-refractivity contribution in [2.45, 2.75) is 26.8 Å². The summed E-state index contributed by atoms with van der Waals surface area (Å²) < 4.78 is 13.8. The quantitative estimate of drug-likeness (QED) is 0.863. The molecule has 2 aromatic rings. The summed E-state index contributed by atoms with van der Waals surface area (Å²) in [5, 5.41) is 4.05. The van der Waals surface area contributed by atoms with Crippen LogP contribution in [0, 0.1) is 26.6 Å². The Hall–Kier alpha value is -1.38. The third-order valence-corrected chi connectivity index (χ3v) is 4.02. The summed E-state index contributed by atoms with van der Waals surface area (Å²) in [6, 6.07) is 9.80. The van der Waals surface area contributed by atoms with Gasteiger partial charge in [0, 0.05) is 5.02 Å². The van der Waals surface area contributed by atoms with Crippen molar-refractivity contribution < 1.29 is 4.39 Å². The zero-order valence-corrected chi connectivity index (χ0v) is 13.0. The molecular formula is C17H19ClFN. The zero-order valence-electron chi connectivity index (χ0n) is 12.2. The molecule has 1 N–H and O–H groups in total. The molecule has 0 aromatic heterocycles. The second kappa shape index (κ2) is 5.94. The molecule has 1 nitrogen and oxygen atoms in total. The Balaban J connectivity index is 2.49. The fraction of sp³-hybridized carbons (Fsp3) is 0.294. The summed E-state index contributed by atoms with van der Waals surface area (Å²) in [7, 11) is 1.91. The highest BCUT2D eigenvalue weighted by Crippen LogP contribution is 2.27. The minimum absolute atomic E-state index is 0.0315. The standard InChI is InChI=1S/C17H19ClFN/c1-10-7-13(5-6-15(10)18)17(20-4)14-8-11(2)16(19)12(3)9-14/h5-9,17,20H,1-4H3. The maximum absolute atomic E-state index is 13.8. The van der Waals surface area contributed by atoms with E-state index in [1.165, 1.54) is 0 Å². The molecule has 0 amide bonds. The second-order valence-corrected chi connectivity index (χ2v) is 5.61. The van der Waals surface area contributed by atoms with Crippen LogP contribution in [0.5, 0.6) is 0 Å². The zero-order chi connectivity index (χ0) is 14.9. The first-order valence-electron chi connectivity index (χ1n) is 6.64. The van der Waals surface area contributed by atoms with Crippen molar-refractivity contribution in [2.24, 2.45) is 0 Å². The van der Waals surface area contributed by atoms with Gasteiger partial charge in [-0.2, -0.15) is 0 Å². The first-order chi connectivity index (χ1) is 9.43. The Morgan fingerprint density at radius 1 is 0.950 bits per heavy atom. The Labute approximate surface area is 124 Å². The van der Waals surface area contributed by atoms with E-state index >= 15 is 0 Å². The number of hydrogen-bond acceptors (Lipinski definition) is 1. The van der Waals surface area contributed by atoms with E-state index in [9.17, 15) is 4.39 Å². The predicted molar refractivity (Wildman–Crippen MR) is 83.0 cm³/mol. The highest BCUT2D eigenvalue weighted by molar-refractivity contribution is 6.31. The van der Waals surface area contributed by atoms with Crippen molar-refractivity contribution in [2.75, 3.05) is 7.05 Å². The molecule has 0 bridgehead atoms. The molecule has 0 aliphatic carbocycles. The molecule has 0 aliphatic heterocycles. The van der Waals surface area contributed by atoms with Crippen molar-refractivity contribution in [3.8, 4) is 0 Å². The predicted octanol–water partition coefficient (Wildman–Crippen LogP) is 4.71. The lowest BCUT2D eigenvalue weighted by atomic mass is 9.94. The van der Waals surface area contributed by atoms with Crippen molar-refractivity contribution in [1.29, 1.82) is 0 Å². The van der Waals surface area contributed by atoms with Crippen molar-refractivity contribution in [3.63, 3.8) is 0 Å². The molecule has 106 valence electrons. The largest absolute Gasteiger partial charge is 0.309 e. The van der Waals surface area contributed by atoms with Crippen LogP contribution in [0.4, 0.5) is 4.39 Å². The maximum atomic E-state index is 13.8. The van der Waals surface area contributed by atoms with Crippen molar-refractivity contribution in [3.05, 3.63) is 69.0 Å². The minimum atomic E-state index is -0.129. The number of aryl methyl sites for hydroxylation is 3. The van der Waals surface area contributed by atoms with Crippen molar-refractivity contribution in [1.82, 2.24) is 5.32 Å². The van der Waals surface area contributed by atoms with E-state index in [1.807, 2.05) is 38.2 Å². The van der Waals surface area contributed by atoms with Crippen LogP contribution in [0.2, 0.25) is 5.02 Å². The van der Waals surface area contributed by atoms with Crippen LogP contribution in [-0.4, -0.2) is 7.05 Å². The molecule has 0 radical (unpaired) electrons. The lowest BCUT2D eigenvalue weighted by Crippen LogP contribution is -2.18. The van der Waals surface area contributed by atoms with Gasteiger partial charge >= 0.3 is 0 Å². The number of nitrogens with one attached hydrogen (secondary N) is 1. The van der Waals surface area contributed by atoms with Gasteiger partial charge in [-0.15, -0.1) is 0 Å². The fourth-order valence-corrected chi connectivity index (χ4v) is 2.64. The highest BCUT2D eigenvalue weighted by Gasteiger charge is 2.15. The van der Waals surface area contributed by atoms with E-state index in [0.29, 0.717) is 11.1 Å². The molecule has 0 saturated carbocycles.